The molecule has 0 aromatic heterocycles. The van der Waals surface area contributed by atoms with Crippen LogP contribution >= 0.6 is 0 Å². The van der Waals surface area contributed by atoms with E-state index < -0.39 is 0 Å². The van der Waals surface area contributed by atoms with Crippen molar-refractivity contribution in [1.29, 1.82) is 0 Å². The summed E-state index contributed by atoms with van der Waals surface area (Å²) in [5.74, 6) is 2.54. The molecular weight excluding hydrogens is 140 g/mol. The zero-order valence-electron chi connectivity index (χ0n) is 6.46. The highest BCUT2D eigenvalue weighted by atomic mass is 16.5. The van der Waals surface area contributed by atoms with Crippen LogP contribution in [0.5, 0.6) is 0 Å². The molecule has 3 nitrogen and oxygen atoms in total. The third kappa shape index (κ3) is 0.643. The summed E-state index contributed by atoms with van der Waals surface area (Å²) in [5.41, 5.74) is 2.46. The normalized spacial score (nSPS) is 59.2. The summed E-state index contributed by atoms with van der Waals surface area (Å²) < 4.78 is 0. The molecule has 3 fully saturated rings. The first-order valence-corrected chi connectivity index (χ1v) is 4.53. The predicted octanol–water partition coefficient (Wildman–Crippen LogP) is -0.0384. The fourth-order valence-electron chi connectivity index (χ4n) is 3.48. The number of rotatable bonds is 1. The van der Waals surface area contributed by atoms with E-state index in [9.17, 15) is 0 Å². The molecule has 0 spiro atoms. The van der Waals surface area contributed by atoms with Gasteiger partial charge in [0.1, 0.15) is 0 Å². The van der Waals surface area contributed by atoms with E-state index in [1.165, 1.54) is 19.4 Å². The van der Waals surface area contributed by atoms with Crippen LogP contribution in [-0.4, -0.2) is 23.8 Å². The molecule has 3 rings (SSSR count). The quantitative estimate of drug-likeness (QED) is 0.464. The maximum absolute atomic E-state index is 8.92. The van der Waals surface area contributed by atoms with E-state index in [2.05, 4.69) is 10.8 Å². The van der Waals surface area contributed by atoms with Crippen molar-refractivity contribution in [3.63, 3.8) is 0 Å². The Balaban J connectivity index is 1.92. The summed E-state index contributed by atoms with van der Waals surface area (Å²) >= 11 is 0. The lowest BCUT2D eigenvalue weighted by atomic mass is 9.87. The van der Waals surface area contributed by atoms with E-state index in [0.717, 1.165) is 17.8 Å². The maximum atomic E-state index is 8.92. The Morgan fingerprint density at radius 3 is 3.00 bits per heavy atom. The average molecular weight is 154 g/mol. The molecule has 11 heavy (non-hydrogen) atoms. The molecule has 2 aliphatic carbocycles. The molecule has 1 saturated heterocycles. The molecule has 1 heterocycles. The first kappa shape index (κ1) is 6.40. The first-order chi connectivity index (χ1) is 5.40. The molecule has 5 atom stereocenters. The van der Waals surface area contributed by atoms with Crippen molar-refractivity contribution in [3.05, 3.63) is 0 Å². The predicted molar refractivity (Wildman–Crippen MR) is 40.2 cm³/mol. The molecule has 3 N–H and O–H groups in total. The number of hydroxylamine groups is 1. The second-order valence-electron chi connectivity index (χ2n) is 4.24. The molecule has 0 aromatic rings. The minimum atomic E-state index is 0.346. The van der Waals surface area contributed by atoms with E-state index in [0.29, 0.717) is 12.1 Å². The van der Waals surface area contributed by atoms with Gasteiger partial charge in [0.25, 0.3) is 0 Å². The molecule has 2 bridgehead atoms. The zero-order valence-corrected chi connectivity index (χ0v) is 6.46. The van der Waals surface area contributed by atoms with Crippen LogP contribution < -0.4 is 10.8 Å². The van der Waals surface area contributed by atoms with Gasteiger partial charge in [0.15, 0.2) is 0 Å². The number of nitrogens with one attached hydrogen (secondary N) is 2. The number of hydrogen-bond acceptors (Lipinski definition) is 3. The maximum Gasteiger partial charge on any atom is 0.0504 e. The van der Waals surface area contributed by atoms with E-state index in [4.69, 9.17) is 5.21 Å². The molecule has 62 valence electrons. The molecule has 1 aliphatic heterocycles. The van der Waals surface area contributed by atoms with Gasteiger partial charge < -0.3 is 10.5 Å². The van der Waals surface area contributed by atoms with Crippen molar-refractivity contribution in [1.82, 2.24) is 10.8 Å². The molecule has 0 amide bonds. The Kier molecular flexibility index (Phi) is 1.15. The summed E-state index contributed by atoms with van der Waals surface area (Å²) in [5, 5.41) is 12.4. The van der Waals surface area contributed by atoms with Gasteiger partial charge in [-0.2, -0.15) is 0 Å². The molecule has 5 unspecified atom stereocenters. The highest BCUT2D eigenvalue weighted by Gasteiger charge is 2.55. The van der Waals surface area contributed by atoms with Crippen LogP contribution in [0.2, 0.25) is 0 Å². The fraction of sp³-hybridized carbons (Fsp3) is 1.00. The van der Waals surface area contributed by atoms with Crippen LogP contribution in [0.3, 0.4) is 0 Å². The minimum absolute atomic E-state index is 0.346. The minimum Gasteiger partial charge on any atom is -0.316 e. The summed E-state index contributed by atoms with van der Waals surface area (Å²) in [6, 6.07) is 0.919. The Morgan fingerprint density at radius 1 is 1.27 bits per heavy atom. The summed E-state index contributed by atoms with van der Waals surface area (Å²) in [4.78, 5) is 0. The zero-order chi connectivity index (χ0) is 7.42. The van der Waals surface area contributed by atoms with Gasteiger partial charge in [0.05, 0.1) is 6.04 Å². The van der Waals surface area contributed by atoms with Crippen molar-refractivity contribution in [2.45, 2.75) is 24.9 Å². The van der Waals surface area contributed by atoms with Gasteiger partial charge in [0.2, 0.25) is 0 Å². The smallest absolute Gasteiger partial charge is 0.0504 e. The van der Waals surface area contributed by atoms with Gasteiger partial charge >= 0.3 is 0 Å². The molecular formula is C8H14N2O. The summed E-state index contributed by atoms with van der Waals surface area (Å²) in [7, 11) is 0. The lowest BCUT2D eigenvalue weighted by Gasteiger charge is -2.25. The Labute approximate surface area is 66.1 Å². The Morgan fingerprint density at radius 2 is 2.18 bits per heavy atom. The monoisotopic (exact) mass is 154 g/mol. The van der Waals surface area contributed by atoms with Crippen molar-refractivity contribution in [2.75, 3.05) is 6.54 Å². The van der Waals surface area contributed by atoms with Gasteiger partial charge in [-0.15, -0.1) is 0 Å². The van der Waals surface area contributed by atoms with E-state index in [-0.39, 0.29) is 0 Å². The van der Waals surface area contributed by atoms with Gasteiger partial charge in [-0.25, -0.2) is 5.48 Å². The van der Waals surface area contributed by atoms with E-state index >= 15 is 0 Å². The van der Waals surface area contributed by atoms with E-state index in [1.807, 2.05) is 0 Å². The van der Waals surface area contributed by atoms with Crippen LogP contribution in [0.15, 0.2) is 0 Å². The highest BCUT2D eigenvalue weighted by molar-refractivity contribution is 5.11. The molecule has 0 radical (unpaired) electrons. The summed E-state index contributed by atoms with van der Waals surface area (Å²) in [6.07, 6.45) is 2.66. The van der Waals surface area contributed by atoms with Gasteiger partial charge in [-0.05, 0) is 37.1 Å². The van der Waals surface area contributed by atoms with Gasteiger partial charge in [-0.3, -0.25) is 0 Å². The fourth-order valence-corrected chi connectivity index (χ4v) is 3.48. The second kappa shape index (κ2) is 1.97. The third-order valence-corrected chi connectivity index (χ3v) is 3.91. The number of hydrogen-bond donors (Lipinski definition) is 3. The molecule has 3 heteroatoms. The largest absolute Gasteiger partial charge is 0.316 e. The van der Waals surface area contributed by atoms with Crippen LogP contribution in [0, 0.1) is 17.8 Å². The topological polar surface area (TPSA) is 44.3 Å². The lowest BCUT2D eigenvalue weighted by molar-refractivity contribution is 0.0875. The highest BCUT2D eigenvalue weighted by Crippen LogP contribution is 2.51. The van der Waals surface area contributed by atoms with Crippen LogP contribution in [0.1, 0.15) is 12.8 Å². The standard InChI is InChI=1S/C8H14N2O/c11-10-7-4-1-5-3-9-8(7)6(5)2-4/h4-11H,1-3H2. The van der Waals surface area contributed by atoms with Gasteiger partial charge in [0, 0.05) is 6.04 Å². The van der Waals surface area contributed by atoms with Crippen molar-refractivity contribution in [3.8, 4) is 0 Å². The summed E-state index contributed by atoms with van der Waals surface area (Å²) in [6.45, 7) is 1.18. The SMILES string of the molecule is ONC1C2CC3CNC1C3C2. The third-order valence-electron chi connectivity index (χ3n) is 3.91. The van der Waals surface area contributed by atoms with Crippen molar-refractivity contribution in [2.24, 2.45) is 17.8 Å². The molecule has 0 aromatic carbocycles. The van der Waals surface area contributed by atoms with Crippen molar-refractivity contribution >= 4 is 0 Å². The lowest BCUT2D eigenvalue weighted by Crippen LogP contribution is -2.46. The van der Waals surface area contributed by atoms with Crippen molar-refractivity contribution < 1.29 is 5.21 Å². The van der Waals surface area contributed by atoms with Crippen LogP contribution in [0.25, 0.3) is 0 Å². The molecule has 3 aliphatic rings. The van der Waals surface area contributed by atoms with Crippen LogP contribution in [0.4, 0.5) is 0 Å². The van der Waals surface area contributed by atoms with Crippen LogP contribution in [-0.2, 0) is 0 Å². The second-order valence-corrected chi connectivity index (χ2v) is 4.24. The number of fused-ring (bicyclic) bond motifs is 1. The Hall–Kier alpha value is -0.120. The van der Waals surface area contributed by atoms with Gasteiger partial charge in [-0.1, -0.05) is 0 Å². The van der Waals surface area contributed by atoms with E-state index in [1.54, 1.807) is 0 Å². The average Bonchev–Trinajstić information content (AvgIpc) is 2.55. The Bertz CT molecular complexity index is 183. The molecule has 2 saturated carbocycles. The first-order valence-electron chi connectivity index (χ1n) is 4.53.